The number of rotatable bonds is 6. The lowest BCUT2D eigenvalue weighted by Gasteiger charge is -2.28. The zero-order chi connectivity index (χ0) is 25.4. The van der Waals surface area contributed by atoms with E-state index in [9.17, 15) is 41.3 Å². The SMILES string of the molecule is CN(C)c1cc(C(F)(F)F)cc(NC(=O)C2=CC(N)([N+](=O)[O-])C(N)C=C2OCC(F)(F)F)n1. The summed E-state index contributed by atoms with van der Waals surface area (Å²) in [5.41, 5.74) is 6.51. The third kappa shape index (κ3) is 6.10. The third-order valence-corrected chi connectivity index (χ3v) is 4.30. The molecule has 182 valence electrons. The van der Waals surface area contributed by atoms with Crippen molar-refractivity contribution in [1.82, 2.24) is 4.98 Å². The smallest absolute Gasteiger partial charge is 0.422 e. The second-order valence-electron chi connectivity index (χ2n) is 7.11. The van der Waals surface area contributed by atoms with Crippen molar-refractivity contribution in [3.05, 3.63) is 51.3 Å². The number of nitrogens with zero attached hydrogens (tertiary/aromatic N) is 3. The summed E-state index contributed by atoms with van der Waals surface area (Å²) in [5, 5.41) is 13.3. The minimum absolute atomic E-state index is 0.206. The molecule has 1 aliphatic rings. The maximum Gasteiger partial charge on any atom is 0.422 e. The molecule has 33 heavy (non-hydrogen) atoms. The average molecular weight is 484 g/mol. The van der Waals surface area contributed by atoms with Gasteiger partial charge in [0.1, 0.15) is 23.4 Å². The molecule has 5 N–H and O–H groups in total. The van der Waals surface area contributed by atoms with Crippen LogP contribution in [0.4, 0.5) is 38.0 Å². The molecule has 0 fully saturated rings. The van der Waals surface area contributed by atoms with Crippen LogP contribution in [0.2, 0.25) is 0 Å². The van der Waals surface area contributed by atoms with Crippen LogP contribution in [0.5, 0.6) is 0 Å². The van der Waals surface area contributed by atoms with Crippen LogP contribution in [0.15, 0.2) is 35.6 Å². The molecule has 2 rings (SSSR count). The first kappa shape index (κ1) is 25.9. The summed E-state index contributed by atoms with van der Waals surface area (Å²) in [6.07, 6.45) is -8.54. The van der Waals surface area contributed by atoms with Crippen LogP contribution in [-0.2, 0) is 15.7 Å². The van der Waals surface area contributed by atoms with Crippen molar-refractivity contribution in [2.45, 2.75) is 24.1 Å². The number of carbonyl (C=O) groups is 1. The molecule has 2 atom stereocenters. The summed E-state index contributed by atoms with van der Waals surface area (Å²) in [6.45, 7) is -1.88. The number of carbonyl (C=O) groups excluding carboxylic acids is 1. The molecule has 1 aromatic rings. The number of aromatic nitrogens is 1. The van der Waals surface area contributed by atoms with Crippen molar-refractivity contribution < 1.29 is 40.8 Å². The maximum absolute atomic E-state index is 13.2. The predicted molar refractivity (Wildman–Crippen MR) is 102 cm³/mol. The van der Waals surface area contributed by atoms with E-state index >= 15 is 0 Å². The standard InChI is InChI=1S/C17H18F6N6O4/c1-28(2)13-4-8(17(21,22)23)3-12(26-13)27-14(30)9-6-15(25,29(31)32)11(24)5-10(9)33-7-16(18,19)20/h3-6,11H,7,24-25H2,1-2H3,(H,26,27,30). The van der Waals surface area contributed by atoms with Gasteiger partial charge >= 0.3 is 18.0 Å². The first-order valence-corrected chi connectivity index (χ1v) is 8.85. The predicted octanol–water partition coefficient (Wildman–Crippen LogP) is 1.77. The molecule has 0 aliphatic heterocycles. The Morgan fingerprint density at radius 3 is 2.39 bits per heavy atom. The molecule has 2 unspecified atom stereocenters. The van der Waals surface area contributed by atoms with E-state index in [0.717, 1.165) is 0 Å². The fourth-order valence-corrected chi connectivity index (χ4v) is 2.58. The fraction of sp³-hybridized carbons (Fsp3) is 0.412. The lowest BCUT2D eigenvalue weighted by atomic mass is 9.91. The number of hydrogen-bond donors (Lipinski definition) is 3. The second kappa shape index (κ2) is 8.86. The fourth-order valence-electron chi connectivity index (χ4n) is 2.58. The molecule has 0 aromatic carbocycles. The second-order valence-corrected chi connectivity index (χ2v) is 7.11. The van der Waals surface area contributed by atoms with Gasteiger partial charge in [-0.2, -0.15) is 26.3 Å². The first-order valence-electron chi connectivity index (χ1n) is 8.85. The number of nitro groups is 1. The highest BCUT2D eigenvalue weighted by Gasteiger charge is 2.47. The van der Waals surface area contributed by atoms with Gasteiger partial charge in [0, 0.05) is 25.1 Å². The summed E-state index contributed by atoms with van der Waals surface area (Å²) in [6, 6.07) is -0.507. The lowest BCUT2D eigenvalue weighted by Crippen LogP contribution is -2.60. The summed E-state index contributed by atoms with van der Waals surface area (Å²) >= 11 is 0. The number of nitrogens with one attached hydrogen (secondary N) is 1. The zero-order valence-corrected chi connectivity index (χ0v) is 17.0. The number of alkyl halides is 6. The van der Waals surface area contributed by atoms with E-state index in [-0.39, 0.29) is 5.82 Å². The van der Waals surface area contributed by atoms with Gasteiger partial charge in [-0.25, -0.2) is 4.98 Å². The number of hydrogen-bond acceptors (Lipinski definition) is 8. The summed E-state index contributed by atoms with van der Waals surface area (Å²) in [4.78, 5) is 28.0. The number of anilines is 2. The average Bonchev–Trinajstić information content (AvgIpc) is 2.66. The summed E-state index contributed by atoms with van der Waals surface area (Å²) in [5.74, 6) is -2.99. The topological polar surface area (TPSA) is 150 Å². The molecule has 10 nitrogen and oxygen atoms in total. The maximum atomic E-state index is 13.2. The van der Waals surface area contributed by atoms with E-state index in [1.807, 2.05) is 5.32 Å². The Morgan fingerprint density at radius 2 is 1.91 bits per heavy atom. The molecular weight excluding hydrogens is 466 g/mol. The van der Waals surface area contributed by atoms with E-state index in [4.69, 9.17) is 11.5 Å². The van der Waals surface area contributed by atoms with Gasteiger partial charge in [0.15, 0.2) is 6.61 Å². The van der Waals surface area contributed by atoms with Crippen LogP contribution in [-0.4, -0.2) is 54.4 Å². The molecule has 0 spiro atoms. The zero-order valence-electron chi connectivity index (χ0n) is 17.0. The quantitative estimate of drug-likeness (QED) is 0.239. The molecule has 0 saturated heterocycles. The van der Waals surface area contributed by atoms with Crippen LogP contribution in [0.25, 0.3) is 0 Å². The van der Waals surface area contributed by atoms with Gasteiger partial charge in [-0.1, -0.05) is 0 Å². The van der Waals surface area contributed by atoms with Crippen molar-refractivity contribution >= 4 is 17.5 Å². The Hall–Kier alpha value is -3.40. The number of pyridine rings is 1. The van der Waals surface area contributed by atoms with Gasteiger partial charge in [0.25, 0.3) is 5.91 Å². The highest BCUT2D eigenvalue weighted by atomic mass is 19.4. The molecule has 1 heterocycles. The van der Waals surface area contributed by atoms with Gasteiger partial charge in [-0.3, -0.25) is 20.6 Å². The molecule has 1 aliphatic carbocycles. The van der Waals surface area contributed by atoms with Crippen molar-refractivity contribution in [3.8, 4) is 0 Å². The Labute approximate surface area is 182 Å². The van der Waals surface area contributed by atoms with E-state index in [0.29, 0.717) is 24.3 Å². The van der Waals surface area contributed by atoms with Gasteiger partial charge in [-0.15, -0.1) is 0 Å². The molecule has 1 aromatic heterocycles. The Bertz CT molecular complexity index is 1010. The van der Waals surface area contributed by atoms with Crippen LogP contribution in [0.3, 0.4) is 0 Å². The number of amides is 1. The van der Waals surface area contributed by atoms with E-state index in [1.165, 1.54) is 19.0 Å². The Kier molecular flexibility index (Phi) is 6.94. The molecule has 0 saturated carbocycles. The van der Waals surface area contributed by atoms with Gasteiger partial charge in [0.2, 0.25) is 0 Å². The van der Waals surface area contributed by atoms with Crippen molar-refractivity contribution in [3.63, 3.8) is 0 Å². The van der Waals surface area contributed by atoms with Gasteiger partial charge in [-0.05, 0) is 18.2 Å². The normalized spacial score (nSPS) is 21.1. The molecular formula is C17H18F6N6O4. The molecule has 0 bridgehead atoms. The third-order valence-electron chi connectivity index (χ3n) is 4.30. The largest absolute Gasteiger partial charge is 0.484 e. The van der Waals surface area contributed by atoms with Crippen molar-refractivity contribution in [2.75, 3.05) is 30.9 Å². The van der Waals surface area contributed by atoms with E-state index < -0.39 is 64.2 Å². The van der Waals surface area contributed by atoms with E-state index in [2.05, 4.69) is 9.72 Å². The van der Waals surface area contributed by atoms with Crippen LogP contribution in [0, 0.1) is 10.1 Å². The van der Waals surface area contributed by atoms with Crippen LogP contribution < -0.4 is 21.7 Å². The van der Waals surface area contributed by atoms with Crippen LogP contribution >= 0.6 is 0 Å². The number of halogens is 6. The summed E-state index contributed by atoms with van der Waals surface area (Å²) < 4.78 is 81.9. The van der Waals surface area contributed by atoms with Crippen LogP contribution in [0.1, 0.15) is 5.56 Å². The lowest BCUT2D eigenvalue weighted by molar-refractivity contribution is -0.556. The van der Waals surface area contributed by atoms with E-state index in [1.54, 1.807) is 0 Å². The highest BCUT2D eigenvalue weighted by Crippen LogP contribution is 2.33. The summed E-state index contributed by atoms with van der Waals surface area (Å²) in [7, 11) is 2.76. The minimum atomic E-state index is -4.84. The number of ether oxygens (including phenoxy) is 1. The molecule has 1 amide bonds. The Balaban J connectivity index is 2.48. The minimum Gasteiger partial charge on any atom is -0.484 e. The van der Waals surface area contributed by atoms with Crippen molar-refractivity contribution in [2.24, 2.45) is 11.5 Å². The number of nitrogens with two attached hydrogens (primary N) is 2. The highest BCUT2D eigenvalue weighted by molar-refractivity contribution is 6.06. The van der Waals surface area contributed by atoms with Crippen molar-refractivity contribution in [1.29, 1.82) is 0 Å². The van der Waals surface area contributed by atoms with Gasteiger partial charge in [0.05, 0.1) is 11.1 Å². The Morgan fingerprint density at radius 1 is 1.30 bits per heavy atom. The monoisotopic (exact) mass is 484 g/mol. The molecule has 16 heteroatoms. The molecule has 0 radical (unpaired) electrons. The first-order chi connectivity index (χ1) is 14.9. The van der Waals surface area contributed by atoms with Gasteiger partial charge < -0.3 is 20.7 Å².